The molecule has 1 atom stereocenters. The lowest BCUT2D eigenvalue weighted by Crippen LogP contribution is -2.34. The molecule has 1 aromatic rings. The normalized spacial score (nSPS) is 21.1. The zero-order valence-electron chi connectivity index (χ0n) is 12.0. The molecule has 2 N–H and O–H groups in total. The fourth-order valence-electron chi connectivity index (χ4n) is 2.68. The lowest BCUT2D eigenvalue weighted by Gasteiger charge is -2.17. The lowest BCUT2D eigenvalue weighted by atomic mass is 10.0. The van der Waals surface area contributed by atoms with Crippen molar-refractivity contribution in [1.82, 2.24) is 10.2 Å². The summed E-state index contributed by atoms with van der Waals surface area (Å²) >= 11 is 0. The summed E-state index contributed by atoms with van der Waals surface area (Å²) in [4.78, 5) is 25.7. The molecular weight excluding hydrogens is 266 g/mol. The number of hydrogen-bond donors (Lipinski definition) is 2. The maximum atomic E-state index is 12.1. The van der Waals surface area contributed by atoms with Gasteiger partial charge in [0.25, 0.3) is 0 Å². The molecule has 0 aromatic heterocycles. The molecular formula is C16H21N3O2. The van der Waals surface area contributed by atoms with E-state index in [-0.39, 0.29) is 17.9 Å². The topological polar surface area (TPSA) is 61.4 Å². The summed E-state index contributed by atoms with van der Waals surface area (Å²) in [7, 11) is 0. The molecule has 1 saturated heterocycles. The van der Waals surface area contributed by atoms with Gasteiger partial charge in [-0.05, 0) is 37.3 Å². The Kier molecular flexibility index (Phi) is 4.08. The van der Waals surface area contributed by atoms with Gasteiger partial charge in [-0.1, -0.05) is 18.2 Å². The lowest BCUT2D eigenvalue weighted by molar-refractivity contribution is -0.122. The minimum atomic E-state index is -0.0775. The summed E-state index contributed by atoms with van der Waals surface area (Å²) in [5.41, 5.74) is 0.803. The Morgan fingerprint density at radius 3 is 2.62 bits per heavy atom. The van der Waals surface area contributed by atoms with Gasteiger partial charge in [0, 0.05) is 31.2 Å². The van der Waals surface area contributed by atoms with E-state index < -0.39 is 0 Å². The van der Waals surface area contributed by atoms with Crippen LogP contribution in [0.25, 0.3) is 0 Å². The number of nitrogens with one attached hydrogen (secondary N) is 2. The van der Waals surface area contributed by atoms with E-state index in [2.05, 4.69) is 10.6 Å². The molecule has 3 amide bonds. The van der Waals surface area contributed by atoms with Gasteiger partial charge in [0.05, 0.1) is 0 Å². The molecule has 112 valence electrons. The van der Waals surface area contributed by atoms with Gasteiger partial charge in [-0.3, -0.25) is 4.79 Å². The van der Waals surface area contributed by atoms with E-state index in [4.69, 9.17) is 0 Å². The standard InChI is InChI=1S/C16H21N3O2/c20-15(17-14-6-7-14)10-12-8-9-19(11-12)16(21)18-13-4-2-1-3-5-13/h1-5,12,14H,6-11H2,(H,17,20)(H,18,21)/t12-/m1/s1. The predicted octanol–water partition coefficient (Wildman–Crippen LogP) is 2.21. The number of para-hydroxylation sites is 1. The first kappa shape index (κ1) is 13.9. The zero-order chi connectivity index (χ0) is 14.7. The zero-order valence-corrected chi connectivity index (χ0v) is 12.0. The van der Waals surface area contributed by atoms with Gasteiger partial charge in [0.1, 0.15) is 0 Å². The van der Waals surface area contributed by atoms with E-state index in [0.29, 0.717) is 19.0 Å². The van der Waals surface area contributed by atoms with Crippen LogP contribution in [0.3, 0.4) is 0 Å². The highest BCUT2D eigenvalue weighted by molar-refractivity contribution is 5.89. The number of anilines is 1. The number of benzene rings is 1. The molecule has 1 heterocycles. The highest BCUT2D eigenvalue weighted by Gasteiger charge is 2.29. The van der Waals surface area contributed by atoms with E-state index in [1.54, 1.807) is 4.90 Å². The maximum absolute atomic E-state index is 12.1. The molecule has 0 radical (unpaired) electrons. The monoisotopic (exact) mass is 287 g/mol. The van der Waals surface area contributed by atoms with Crippen molar-refractivity contribution in [1.29, 1.82) is 0 Å². The van der Waals surface area contributed by atoms with Crippen molar-refractivity contribution in [3.8, 4) is 0 Å². The van der Waals surface area contributed by atoms with Crippen LogP contribution in [0.2, 0.25) is 0 Å². The minimum Gasteiger partial charge on any atom is -0.353 e. The van der Waals surface area contributed by atoms with Crippen LogP contribution in [0, 0.1) is 5.92 Å². The van der Waals surface area contributed by atoms with Crippen molar-refractivity contribution in [3.63, 3.8) is 0 Å². The molecule has 2 aliphatic rings. The van der Waals surface area contributed by atoms with E-state index in [0.717, 1.165) is 31.5 Å². The second-order valence-corrected chi connectivity index (χ2v) is 5.94. The third kappa shape index (κ3) is 3.97. The van der Waals surface area contributed by atoms with Crippen LogP contribution in [0.5, 0.6) is 0 Å². The number of hydrogen-bond acceptors (Lipinski definition) is 2. The fraction of sp³-hybridized carbons (Fsp3) is 0.500. The second-order valence-electron chi connectivity index (χ2n) is 5.94. The summed E-state index contributed by atoms with van der Waals surface area (Å²) < 4.78 is 0. The van der Waals surface area contributed by atoms with Crippen molar-refractivity contribution in [3.05, 3.63) is 30.3 Å². The molecule has 3 rings (SSSR count). The van der Waals surface area contributed by atoms with Crippen molar-refractivity contribution in [2.24, 2.45) is 5.92 Å². The van der Waals surface area contributed by atoms with E-state index in [1.165, 1.54) is 0 Å². The molecule has 1 saturated carbocycles. The Morgan fingerprint density at radius 2 is 1.90 bits per heavy atom. The molecule has 0 unspecified atom stereocenters. The minimum absolute atomic E-state index is 0.0775. The highest BCUT2D eigenvalue weighted by atomic mass is 16.2. The van der Waals surface area contributed by atoms with Crippen LogP contribution in [0.4, 0.5) is 10.5 Å². The summed E-state index contributed by atoms with van der Waals surface area (Å²) in [6.45, 7) is 1.39. The van der Waals surface area contributed by atoms with Gasteiger partial charge in [-0.2, -0.15) is 0 Å². The van der Waals surface area contributed by atoms with Crippen LogP contribution in [0.15, 0.2) is 30.3 Å². The Hall–Kier alpha value is -2.04. The molecule has 1 aromatic carbocycles. The number of rotatable bonds is 4. The maximum Gasteiger partial charge on any atom is 0.321 e. The summed E-state index contributed by atoms with van der Waals surface area (Å²) in [5, 5.41) is 5.89. The Balaban J connectivity index is 1.45. The van der Waals surface area contributed by atoms with Crippen LogP contribution >= 0.6 is 0 Å². The van der Waals surface area contributed by atoms with Gasteiger partial charge in [-0.25, -0.2) is 4.79 Å². The van der Waals surface area contributed by atoms with Gasteiger partial charge in [0.2, 0.25) is 5.91 Å². The molecule has 21 heavy (non-hydrogen) atoms. The number of likely N-dealkylation sites (tertiary alicyclic amines) is 1. The van der Waals surface area contributed by atoms with Crippen molar-refractivity contribution >= 4 is 17.6 Å². The number of carbonyl (C=O) groups is 2. The van der Waals surface area contributed by atoms with Gasteiger partial charge < -0.3 is 15.5 Å². The largest absolute Gasteiger partial charge is 0.353 e. The van der Waals surface area contributed by atoms with Crippen molar-refractivity contribution < 1.29 is 9.59 Å². The number of nitrogens with zero attached hydrogens (tertiary/aromatic N) is 1. The van der Waals surface area contributed by atoms with Gasteiger partial charge >= 0.3 is 6.03 Å². The number of carbonyl (C=O) groups excluding carboxylic acids is 2. The first-order chi connectivity index (χ1) is 10.2. The molecule has 1 aliphatic carbocycles. The summed E-state index contributed by atoms with van der Waals surface area (Å²) in [5.74, 6) is 0.415. The first-order valence-corrected chi connectivity index (χ1v) is 7.61. The van der Waals surface area contributed by atoms with Gasteiger partial charge in [-0.15, -0.1) is 0 Å². The van der Waals surface area contributed by atoms with Crippen LogP contribution in [-0.4, -0.2) is 36.0 Å². The van der Waals surface area contributed by atoms with Crippen molar-refractivity contribution in [2.75, 3.05) is 18.4 Å². The fourth-order valence-corrected chi connectivity index (χ4v) is 2.68. The Morgan fingerprint density at radius 1 is 1.14 bits per heavy atom. The molecule has 1 aliphatic heterocycles. The SMILES string of the molecule is O=C(C[C@H]1CCN(C(=O)Nc2ccccc2)C1)NC1CC1. The summed E-state index contributed by atoms with van der Waals surface area (Å²) in [6, 6.07) is 9.78. The highest BCUT2D eigenvalue weighted by Crippen LogP contribution is 2.23. The smallest absolute Gasteiger partial charge is 0.321 e. The number of urea groups is 1. The molecule has 0 bridgehead atoms. The average Bonchev–Trinajstić information content (AvgIpc) is 3.15. The van der Waals surface area contributed by atoms with E-state index in [1.807, 2.05) is 30.3 Å². The Labute approximate surface area is 124 Å². The second kappa shape index (κ2) is 6.16. The third-order valence-corrected chi connectivity index (χ3v) is 4.01. The summed E-state index contributed by atoms with van der Waals surface area (Å²) in [6.07, 6.45) is 3.66. The predicted molar refractivity (Wildman–Crippen MR) is 80.9 cm³/mol. The molecule has 0 spiro atoms. The van der Waals surface area contributed by atoms with Gasteiger partial charge in [0.15, 0.2) is 0 Å². The number of amides is 3. The first-order valence-electron chi connectivity index (χ1n) is 7.61. The van der Waals surface area contributed by atoms with Crippen LogP contribution < -0.4 is 10.6 Å². The van der Waals surface area contributed by atoms with E-state index in [9.17, 15) is 9.59 Å². The van der Waals surface area contributed by atoms with Crippen LogP contribution in [0.1, 0.15) is 25.7 Å². The van der Waals surface area contributed by atoms with Crippen molar-refractivity contribution in [2.45, 2.75) is 31.7 Å². The average molecular weight is 287 g/mol. The van der Waals surface area contributed by atoms with Crippen LogP contribution in [-0.2, 0) is 4.79 Å². The molecule has 2 fully saturated rings. The Bertz CT molecular complexity index is 514. The quantitative estimate of drug-likeness (QED) is 0.892. The molecule has 5 nitrogen and oxygen atoms in total. The van der Waals surface area contributed by atoms with E-state index >= 15 is 0 Å². The molecule has 5 heteroatoms. The third-order valence-electron chi connectivity index (χ3n) is 4.01.